The number of nitrogens with two attached hydrogens (primary N) is 1. The van der Waals surface area contributed by atoms with E-state index in [9.17, 15) is 18.0 Å². The molecule has 1 aromatic rings. The third kappa shape index (κ3) is 6.79. The summed E-state index contributed by atoms with van der Waals surface area (Å²) < 4.78 is 38.6. The first-order chi connectivity index (χ1) is 9.91. The molecule has 0 fully saturated rings. The number of nitrogens with one attached hydrogen (secondary N) is 1. The van der Waals surface area contributed by atoms with Crippen molar-refractivity contribution in [2.75, 3.05) is 0 Å². The predicted octanol–water partition coefficient (Wildman–Crippen LogP) is 4.07. The van der Waals surface area contributed by atoms with Gasteiger partial charge >= 0.3 is 6.18 Å². The van der Waals surface area contributed by atoms with Gasteiger partial charge in [-0.15, -0.1) is 12.4 Å². The van der Waals surface area contributed by atoms with Gasteiger partial charge in [0.25, 0.3) is 0 Å². The van der Waals surface area contributed by atoms with Gasteiger partial charge in [0, 0.05) is 12.5 Å². The SMILES string of the molecule is CC(N)CC(=O)NC(c1cccc(C(F)(F)F)c1)C(C)(C)C.Cl. The summed E-state index contributed by atoms with van der Waals surface area (Å²) in [7, 11) is 0. The lowest BCUT2D eigenvalue weighted by molar-refractivity contribution is -0.137. The molecule has 23 heavy (non-hydrogen) atoms. The lowest BCUT2D eigenvalue weighted by Crippen LogP contribution is -2.38. The smallest absolute Gasteiger partial charge is 0.349 e. The molecule has 0 radical (unpaired) electrons. The Balaban J connectivity index is 0.00000484. The first-order valence-corrected chi connectivity index (χ1v) is 7.13. The highest BCUT2D eigenvalue weighted by Gasteiger charge is 2.33. The van der Waals surface area contributed by atoms with Gasteiger partial charge in [0.2, 0.25) is 5.91 Å². The van der Waals surface area contributed by atoms with Crippen molar-refractivity contribution in [2.45, 2.75) is 52.4 Å². The highest BCUT2D eigenvalue weighted by molar-refractivity contribution is 5.85. The van der Waals surface area contributed by atoms with Crippen molar-refractivity contribution in [2.24, 2.45) is 11.1 Å². The van der Waals surface area contributed by atoms with Gasteiger partial charge < -0.3 is 11.1 Å². The van der Waals surface area contributed by atoms with Crippen molar-refractivity contribution in [1.29, 1.82) is 0 Å². The second-order valence-electron chi connectivity index (χ2n) is 6.67. The number of carbonyl (C=O) groups is 1. The quantitative estimate of drug-likeness (QED) is 0.858. The summed E-state index contributed by atoms with van der Waals surface area (Å²) in [5.74, 6) is -0.271. The van der Waals surface area contributed by atoms with Crippen LogP contribution in [0.15, 0.2) is 24.3 Å². The maximum absolute atomic E-state index is 12.9. The van der Waals surface area contributed by atoms with E-state index in [1.54, 1.807) is 13.0 Å². The second kappa shape index (κ2) is 8.02. The van der Waals surface area contributed by atoms with Crippen molar-refractivity contribution in [3.63, 3.8) is 0 Å². The molecule has 0 saturated carbocycles. The zero-order chi connectivity index (χ0) is 17.1. The minimum atomic E-state index is -4.41. The maximum Gasteiger partial charge on any atom is 0.416 e. The molecule has 0 aromatic heterocycles. The molecule has 132 valence electrons. The molecule has 0 saturated heterocycles. The number of amides is 1. The van der Waals surface area contributed by atoms with Crippen molar-refractivity contribution < 1.29 is 18.0 Å². The van der Waals surface area contributed by atoms with Crippen LogP contribution in [0.25, 0.3) is 0 Å². The molecule has 0 heterocycles. The molecule has 3 nitrogen and oxygen atoms in total. The molecule has 2 unspecified atom stereocenters. The number of hydrogen-bond donors (Lipinski definition) is 2. The van der Waals surface area contributed by atoms with Gasteiger partial charge in [-0.1, -0.05) is 32.9 Å². The number of carbonyl (C=O) groups excluding carboxylic acids is 1. The average molecular weight is 353 g/mol. The fraction of sp³-hybridized carbons (Fsp3) is 0.562. The molecule has 1 rings (SSSR count). The number of alkyl halides is 3. The van der Waals surface area contributed by atoms with Crippen LogP contribution < -0.4 is 11.1 Å². The van der Waals surface area contributed by atoms with Crippen LogP contribution in [0.3, 0.4) is 0 Å². The van der Waals surface area contributed by atoms with Crippen LogP contribution in [-0.2, 0) is 11.0 Å². The van der Waals surface area contributed by atoms with Gasteiger partial charge in [-0.3, -0.25) is 4.79 Å². The van der Waals surface area contributed by atoms with Crippen LogP contribution in [0, 0.1) is 5.41 Å². The van der Waals surface area contributed by atoms with Crippen LogP contribution in [0.2, 0.25) is 0 Å². The van der Waals surface area contributed by atoms with E-state index in [0.717, 1.165) is 12.1 Å². The molecular formula is C16H24ClF3N2O. The minimum absolute atomic E-state index is 0. The summed E-state index contributed by atoms with van der Waals surface area (Å²) in [6.07, 6.45) is -4.28. The Morgan fingerprint density at radius 1 is 1.26 bits per heavy atom. The van der Waals surface area contributed by atoms with Crippen LogP contribution in [-0.4, -0.2) is 11.9 Å². The topological polar surface area (TPSA) is 55.1 Å². The van der Waals surface area contributed by atoms with Crippen LogP contribution >= 0.6 is 12.4 Å². The summed E-state index contributed by atoms with van der Waals surface area (Å²) >= 11 is 0. The van der Waals surface area contributed by atoms with Crippen LogP contribution in [0.1, 0.15) is 51.3 Å². The standard InChI is InChI=1S/C16H23F3N2O.ClH/c1-10(20)8-13(22)21-14(15(2,3)4)11-6-5-7-12(9-11)16(17,18)19;/h5-7,9-10,14H,8,20H2,1-4H3,(H,21,22);1H. The van der Waals surface area contributed by atoms with E-state index < -0.39 is 23.2 Å². The Labute approximate surface area is 141 Å². The third-order valence-corrected chi connectivity index (χ3v) is 3.23. The number of hydrogen-bond acceptors (Lipinski definition) is 2. The Morgan fingerprint density at radius 2 is 1.83 bits per heavy atom. The summed E-state index contributed by atoms with van der Waals surface area (Å²) in [4.78, 5) is 12.0. The van der Waals surface area contributed by atoms with Crippen molar-refractivity contribution in [1.82, 2.24) is 5.32 Å². The van der Waals surface area contributed by atoms with Crippen LogP contribution in [0.5, 0.6) is 0 Å². The van der Waals surface area contributed by atoms with Crippen molar-refractivity contribution in [3.05, 3.63) is 35.4 Å². The minimum Gasteiger partial charge on any atom is -0.349 e. The predicted molar refractivity (Wildman–Crippen MR) is 87.3 cm³/mol. The Hall–Kier alpha value is -1.27. The van der Waals surface area contributed by atoms with E-state index in [-0.39, 0.29) is 30.8 Å². The van der Waals surface area contributed by atoms with E-state index in [1.165, 1.54) is 6.07 Å². The molecule has 0 bridgehead atoms. The van der Waals surface area contributed by atoms with E-state index in [2.05, 4.69) is 5.32 Å². The summed E-state index contributed by atoms with van der Waals surface area (Å²) in [5.41, 5.74) is 4.86. The second-order valence-corrected chi connectivity index (χ2v) is 6.67. The normalized spacial score (nSPS) is 14.6. The van der Waals surface area contributed by atoms with Gasteiger partial charge in [0.15, 0.2) is 0 Å². The van der Waals surface area contributed by atoms with Crippen molar-refractivity contribution >= 4 is 18.3 Å². The number of halogens is 4. The lowest BCUT2D eigenvalue weighted by atomic mass is 9.81. The Kier molecular flexibility index (Phi) is 7.57. The lowest BCUT2D eigenvalue weighted by Gasteiger charge is -2.32. The molecule has 0 spiro atoms. The molecule has 1 aromatic carbocycles. The Morgan fingerprint density at radius 3 is 2.26 bits per heavy atom. The first-order valence-electron chi connectivity index (χ1n) is 7.13. The third-order valence-electron chi connectivity index (χ3n) is 3.23. The zero-order valence-corrected chi connectivity index (χ0v) is 14.5. The monoisotopic (exact) mass is 352 g/mol. The molecule has 3 N–H and O–H groups in total. The molecular weight excluding hydrogens is 329 g/mol. The van der Waals surface area contributed by atoms with E-state index >= 15 is 0 Å². The largest absolute Gasteiger partial charge is 0.416 e. The van der Waals surface area contributed by atoms with Gasteiger partial charge in [-0.05, 0) is 30.0 Å². The molecule has 2 atom stereocenters. The Bertz CT molecular complexity index is 525. The van der Waals surface area contributed by atoms with Gasteiger partial charge in [-0.2, -0.15) is 13.2 Å². The number of rotatable bonds is 4. The number of benzene rings is 1. The van der Waals surface area contributed by atoms with Crippen LogP contribution in [0.4, 0.5) is 13.2 Å². The van der Waals surface area contributed by atoms with E-state index in [1.807, 2.05) is 20.8 Å². The molecule has 0 aliphatic carbocycles. The fourth-order valence-electron chi connectivity index (χ4n) is 2.21. The fourth-order valence-corrected chi connectivity index (χ4v) is 2.21. The van der Waals surface area contributed by atoms with Gasteiger partial charge in [0.1, 0.15) is 0 Å². The highest BCUT2D eigenvalue weighted by Crippen LogP contribution is 2.36. The van der Waals surface area contributed by atoms with Gasteiger partial charge in [-0.25, -0.2) is 0 Å². The molecule has 1 amide bonds. The van der Waals surface area contributed by atoms with Crippen molar-refractivity contribution in [3.8, 4) is 0 Å². The average Bonchev–Trinajstić information content (AvgIpc) is 2.33. The van der Waals surface area contributed by atoms with E-state index in [4.69, 9.17) is 5.73 Å². The van der Waals surface area contributed by atoms with Gasteiger partial charge in [0.05, 0.1) is 11.6 Å². The summed E-state index contributed by atoms with van der Waals surface area (Å²) in [5, 5.41) is 2.80. The van der Waals surface area contributed by atoms with E-state index in [0.29, 0.717) is 5.56 Å². The molecule has 0 aliphatic rings. The molecule has 0 aliphatic heterocycles. The zero-order valence-electron chi connectivity index (χ0n) is 13.7. The maximum atomic E-state index is 12.9. The summed E-state index contributed by atoms with van der Waals surface area (Å²) in [6, 6.07) is 4.23. The first kappa shape index (κ1) is 21.7. The highest BCUT2D eigenvalue weighted by atomic mass is 35.5. The molecule has 7 heteroatoms. The summed E-state index contributed by atoms with van der Waals surface area (Å²) in [6.45, 7) is 7.30.